The van der Waals surface area contributed by atoms with Crippen LogP contribution >= 0.6 is 0 Å². The number of carbonyl (C=O) groups excluding carboxylic acids is 1. The number of carbonyl (C=O) groups is 1. The molecule has 0 unspecified atom stereocenters. The number of rotatable bonds is 4. The summed E-state index contributed by atoms with van der Waals surface area (Å²) in [5.41, 5.74) is 0.913. The summed E-state index contributed by atoms with van der Waals surface area (Å²) in [5.74, 6) is 0.0476. The zero-order chi connectivity index (χ0) is 16.3. The monoisotopic (exact) mass is 311 g/mol. The molecule has 1 amide bonds. The van der Waals surface area contributed by atoms with Gasteiger partial charge in [0.1, 0.15) is 5.54 Å². The van der Waals surface area contributed by atoms with E-state index in [9.17, 15) is 4.79 Å². The first-order chi connectivity index (χ1) is 11.1. The summed E-state index contributed by atoms with van der Waals surface area (Å²) in [4.78, 5) is 29.9. The van der Waals surface area contributed by atoms with E-state index in [1.807, 2.05) is 18.2 Å². The minimum absolute atomic E-state index is 0.0476. The second-order valence-electron chi connectivity index (χ2n) is 6.00. The van der Waals surface area contributed by atoms with Gasteiger partial charge < -0.3 is 4.90 Å². The fraction of sp³-hybridized carbons (Fsp3) is 0.412. The average molecular weight is 311 g/mol. The molecule has 23 heavy (non-hydrogen) atoms. The van der Waals surface area contributed by atoms with E-state index in [0.717, 1.165) is 25.1 Å². The molecule has 1 aliphatic rings. The maximum absolute atomic E-state index is 13.1. The highest BCUT2D eigenvalue weighted by Crippen LogP contribution is 2.39. The second kappa shape index (κ2) is 6.42. The smallest absolute Gasteiger partial charge is 0.248 e. The predicted octanol–water partition coefficient (Wildman–Crippen LogP) is 1.45. The quantitative estimate of drug-likeness (QED) is 0.855. The molecule has 3 rings (SSSR count). The zero-order valence-electron chi connectivity index (χ0n) is 13.5. The van der Waals surface area contributed by atoms with E-state index in [4.69, 9.17) is 0 Å². The van der Waals surface area contributed by atoms with Crippen molar-refractivity contribution in [1.82, 2.24) is 24.8 Å². The molecule has 0 spiro atoms. The fourth-order valence-corrected chi connectivity index (χ4v) is 3.30. The molecule has 120 valence electrons. The summed E-state index contributed by atoms with van der Waals surface area (Å²) in [5, 5.41) is 0. The van der Waals surface area contributed by atoms with Crippen LogP contribution in [0, 0.1) is 0 Å². The van der Waals surface area contributed by atoms with E-state index >= 15 is 0 Å². The van der Waals surface area contributed by atoms with Crippen LogP contribution in [0.2, 0.25) is 0 Å². The predicted molar refractivity (Wildman–Crippen MR) is 86.3 cm³/mol. The maximum Gasteiger partial charge on any atom is 0.248 e. The van der Waals surface area contributed by atoms with Crippen LogP contribution in [0.5, 0.6) is 0 Å². The Bertz CT molecular complexity index is 661. The van der Waals surface area contributed by atoms with Crippen molar-refractivity contribution in [3.05, 3.63) is 54.4 Å². The van der Waals surface area contributed by atoms with Crippen molar-refractivity contribution in [1.29, 1.82) is 0 Å². The Morgan fingerprint density at radius 1 is 1.26 bits per heavy atom. The number of nitrogens with zero attached hydrogens (tertiary/aromatic N) is 5. The number of pyridine rings is 1. The van der Waals surface area contributed by atoms with Gasteiger partial charge in [0.05, 0.1) is 17.6 Å². The van der Waals surface area contributed by atoms with E-state index in [1.165, 1.54) is 0 Å². The molecule has 2 aromatic rings. The lowest BCUT2D eigenvalue weighted by Crippen LogP contribution is -2.52. The topological polar surface area (TPSA) is 62.2 Å². The van der Waals surface area contributed by atoms with Crippen LogP contribution in [0.4, 0.5) is 0 Å². The number of amides is 1. The van der Waals surface area contributed by atoms with Crippen LogP contribution in [0.1, 0.15) is 24.2 Å². The molecule has 1 fully saturated rings. The Balaban J connectivity index is 2.02. The molecular weight excluding hydrogens is 290 g/mol. The molecule has 1 saturated heterocycles. The number of hydrogen-bond donors (Lipinski definition) is 0. The lowest BCUT2D eigenvalue weighted by atomic mass is 9.90. The second-order valence-corrected chi connectivity index (χ2v) is 6.00. The third-order valence-corrected chi connectivity index (χ3v) is 4.33. The summed E-state index contributed by atoms with van der Waals surface area (Å²) in [6.07, 6.45) is 8.46. The lowest BCUT2D eigenvalue weighted by molar-refractivity contribution is -0.141. The van der Waals surface area contributed by atoms with E-state index in [-0.39, 0.29) is 5.91 Å². The van der Waals surface area contributed by atoms with Crippen molar-refractivity contribution < 1.29 is 4.79 Å². The summed E-state index contributed by atoms with van der Waals surface area (Å²) < 4.78 is 0. The van der Waals surface area contributed by atoms with Gasteiger partial charge in [-0.25, -0.2) is 0 Å². The van der Waals surface area contributed by atoms with E-state index in [2.05, 4.69) is 19.9 Å². The van der Waals surface area contributed by atoms with Crippen LogP contribution < -0.4 is 0 Å². The van der Waals surface area contributed by atoms with Crippen molar-refractivity contribution in [2.75, 3.05) is 20.6 Å². The van der Waals surface area contributed by atoms with Gasteiger partial charge >= 0.3 is 0 Å². The Morgan fingerprint density at radius 2 is 2.13 bits per heavy atom. The van der Waals surface area contributed by atoms with E-state index in [0.29, 0.717) is 12.2 Å². The molecule has 0 aromatic carbocycles. The standard InChI is InChI=1S/C17H21N5O/c1-21(2)16(23)17(15-12-18-9-10-20-15)7-5-11-22(17)13-14-6-3-4-8-19-14/h3-4,6,8-10,12H,5,7,11,13H2,1-2H3/t17-/m0/s1. The van der Waals surface area contributed by atoms with Gasteiger partial charge in [0.25, 0.3) is 0 Å². The van der Waals surface area contributed by atoms with Gasteiger partial charge in [-0.15, -0.1) is 0 Å². The van der Waals surface area contributed by atoms with Crippen LogP contribution in [0.15, 0.2) is 43.0 Å². The van der Waals surface area contributed by atoms with Gasteiger partial charge in [0, 0.05) is 45.8 Å². The minimum atomic E-state index is -0.755. The lowest BCUT2D eigenvalue weighted by Gasteiger charge is -2.38. The van der Waals surface area contributed by atoms with Crippen molar-refractivity contribution in [2.24, 2.45) is 0 Å². The average Bonchev–Trinajstić information content (AvgIpc) is 3.00. The normalized spacial score (nSPS) is 21.3. The van der Waals surface area contributed by atoms with Crippen molar-refractivity contribution >= 4 is 5.91 Å². The third-order valence-electron chi connectivity index (χ3n) is 4.33. The first-order valence-corrected chi connectivity index (χ1v) is 7.78. The van der Waals surface area contributed by atoms with Gasteiger partial charge in [-0.3, -0.25) is 24.6 Å². The van der Waals surface area contributed by atoms with Gasteiger partial charge in [0.15, 0.2) is 0 Å². The molecule has 0 aliphatic carbocycles. The molecule has 0 N–H and O–H groups in total. The SMILES string of the molecule is CN(C)C(=O)[C@@]1(c2cnccn2)CCCN1Cc1ccccn1. The largest absolute Gasteiger partial charge is 0.347 e. The summed E-state index contributed by atoms with van der Waals surface area (Å²) >= 11 is 0. The summed E-state index contributed by atoms with van der Waals surface area (Å²) in [6, 6.07) is 5.85. The Kier molecular flexibility index (Phi) is 4.34. The molecule has 1 atom stereocenters. The third kappa shape index (κ3) is 2.82. The molecule has 0 radical (unpaired) electrons. The highest BCUT2D eigenvalue weighted by atomic mass is 16.2. The molecule has 0 saturated carbocycles. The van der Waals surface area contributed by atoms with Gasteiger partial charge in [0.2, 0.25) is 5.91 Å². The molecular formula is C17H21N5O. The van der Waals surface area contributed by atoms with E-state index in [1.54, 1.807) is 43.8 Å². The first kappa shape index (κ1) is 15.6. The molecule has 2 aromatic heterocycles. The van der Waals surface area contributed by atoms with Crippen molar-refractivity contribution in [2.45, 2.75) is 24.9 Å². The van der Waals surface area contributed by atoms with Crippen LogP contribution in [-0.4, -0.2) is 51.3 Å². The molecule has 6 heteroatoms. The van der Waals surface area contributed by atoms with Crippen molar-refractivity contribution in [3.63, 3.8) is 0 Å². The van der Waals surface area contributed by atoms with Crippen molar-refractivity contribution in [3.8, 4) is 0 Å². The number of hydrogen-bond acceptors (Lipinski definition) is 5. The van der Waals surface area contributed by atoms with Crippen LogP contribution in [0.3, 0.4) is 0 Å². The number of aromatic nitrogens is 3. The number of likely N-dealkylation sites (N-methyl/N-ethyl adjacent to an activating group) is 1. The number of likely N-dealkylation sites (tertiary alicyclic amines) is 1. The van der Waals surface area contributed by atoms with Crippen LogP contribution in [-0.2, 0) is 16.9 Å². The fourth-order valence-electron chi connectivity index (χ4n) is 3.30. The molecule has 6 nitrogen and oxygen atoms in total. The van der Waals surface area contributed by atoms with Gasteiger partial charge in [-0.1, -0.05) is 6.07 Å². The van der Waals surface area contributed by atoms with Gasteiger partial charge in [-0.2, -0.15) is 0 Å². The molecule has 1 aliphatic heterocycles. The Hall–Kier alpha value is -2.34. The van der Waals surface area contributed by atoms with E-state index < -0.39 is 5.54 Å². The van der Waals surface area contributed by atoms with Gasteiger partial charge in [-0.05, 0) is 25.0 Å². The highest BCUT2D eigenvalue weighted by molar-refractivity contribution is 5.87. The molecule has 3 heterocycles. The molecule has 0 bridgehead atoms. The minimum Gasteiger partial charge on any atom is -0.347 e. The maximum atomic E-state index is 13.1. The Morgan fingerprint density at radius 3 is 2.78 bits per heavy atom. The summed E-state index contributed by atoms with van der Waals surface area (Å²) in [6.45, 7) is 1.46. The van der Waals surface area contributed by atoms with Crippen LogP contribution in [0.25, 0.3) is 0 Å². The highest BCUT2D eigenvalue weighted by Gasteiger charge is 2.50. The zero-order valence-corrected chi connectivity index (χ0v) is 13.5. The Labute approximate surface area is 136 Å². The first-order valence-electron chi connectivity index (χ1n) is 7.78. The summed E-state index contributed by atoms with van der Waals surface area (Å²) in [7, 11) is 3.58.